The number of aromatic nitrogens is 1. The van der Waals surface area contributed by atoms with Crippen LogP contribution in [0.1, 0.15) is 44.7 Å². The second-order valence-corrected chi connectivity index (χ2v) is 8.35. The molecule has 152 valence electrons. The maximum Gasteiger partial charge on any atom is 0.317 e. The number of urea groups is 1. The van der Waals surface area contributed by atoms with Crippen molar-refractivity contribution < 1.29 is 13.7 Å². The van der Waals surface area contributed by atoms with Gasteiger partial charge < -0.3 is 19.6 Å². The van der Waals surface area contributed by atoms with Crippen LogP contribution in [0.15, 0.2) is 22.7 Å². The molecule has 0 saturated carbocycles. The van der Waals surface area contributed by atoms with E-state index in [1.54, 1.807) is 6.07 Å². The molecule has 1 atom stereocenters. The third kappa shape index (κ3) is 3.85. The van der Waals surface area contributed by atoms with Gasteiger partial charge >= 0.3 is 6.03 Å². The highest BCUT2D eigenvalue weighted by Gasteiger charge is 2.31. The van der Waals surface area contributed by atoms with E-state index >= 15 is 0 Å². The van der Waals surface area contributed by atoms with Crippen LogP contribution < -0.4 is 5.32 Å². The Morgan fingerprint density at radius 3 is 2.75 bits per heavy atom. The van der Waals surface area contributed by atoms with Gasteiger partial charge in [-0.3, -0.25) is 0 Å². The number of amides is 2. The summed E-state index contributed by atoms with van der Waals surface area (Å²) < 4.78 is 18.7. The normalized spacial score (nSPS) is 20.3. The fourth-order valence-corrected chi connectivity index (χ4v) is 4.62. The summed E-state index contributed by atoms with van der Waals surface area (Å²) in [5.41, 5.74) is 1.49. The van der Waals surface area contributed by atoms with Gasteiger partial charge in [-0.1, -0.05) is 19.0 Å². The quantitative estimate of drug-likeness (QED) is 0.822. The van der Waals surface area contributed by atoms with E-state index in [9.17, 15) is 9.18 Å². The Balaban J connectivity index is 1.33. The van der Waals surface area contributed by atoms with Crippen LogP contribution in [0, 0.1) is 11.7 Å². The zero-order valence-corrected chi connectivity index (χ0v) is 16.7. The molecular weight excluding hydrogens is 359 g/mol. The van der Waals surface area contributed by atoms with Crippen LogP contribution in [0.2, 0.25) is 0 Å². The molecule has 2 saturated heterocycles. The van der Waals surface area contributed by atoms with E-state index in [1.807, 2.05) is 4.90 Å². The van der Waals surface area contributed by atoms with Gasteiger partial charge in [0.2, 0.25) is 0 Å². The third-order valence-corrected chi connectivity index (χ3v) is 6.24. The number of rotatable bonds is 6. The summed E-state index contributed by atoms with van der Waals surface area (Å²) in [6.45, 7) is 8.98. The lowest BCUT2D eigenvalue weighted by Gasteiger charge is -2.35. The van der Waals surface area contributed by atoms with Gasteiger partial charge in [-0.05, 0) is 50.4 Å². The first-order valence-electron chi connectivity index (χ1n) is 10.3. The standard InChI is InChI=1S/C21H29FN4O2/c1-14(2)18(26-12-8-23-21(26)27)7-11-25-9-5-15(6-10-25)20-17-4-3-16(22)13-19(17)28-24-20/h3-4,13-15,18H,5-12H2,1-2H3,(H,23,27). The van der Waals surface area contributed by atoms with Crippen LogP contribution in [0.3, 0.4) is 0 Å². The molecule has 7 heteroatoms. The molecule has 0 aliphatic carbocycles. The molecule has 3 heterocycles. The number of nitrogens with zero attached hydrogens (tertiary/aromatic N) is 3. The highest BCUT2D eigenvalue weighted by molar-refractivity contribution is 5.80. The summed E-state index contributed by atoms with van der Waals surface area (Å²) in [4.78, 5) is 16.5. The van der Waals surface area contributed by atoms with E-state index in [-0.39, 0.29) is 17.9 Å². The molecule has 0 spiro atoms. The van der Waals surface area contributed by atoms with Crippen LogP contribution in [-0.2, 0) is 0 Å². The number of carbonyl (C=O) groups is 1. The van der Waals surface area contributed by atoms with Crippen molar-refractivity contribution in [3.63, 3.8) is 0 Å². The SMILES string of the molecule is CC(C)C(CCN1CCC(c2noc3cc(F)ccc23)CC1)N1CCNC1=O. The lowest BCUT2D eigenvalue weighted by Crippen LogP contribution is -2.44. The van der Waals surface area contributed by atoms with E-state index in [0.717, 1.165) is 63.1 Å². The monoisotopic (exact) mass is 388 g/mol. The molecule has 2 aliphatic heterocycles. The van der Waals surface area contributed by atoms with Crippen molar-refractivity contribution in [3.05, 3.63) is 29.7 Å². The van der Waals surface area contributed by atoms with Gasteiger partial charge in [-0.25, -0.2) is 9.18 Å². The van der Waals surface area contributed by atoms with Gasteiger partial charge in [-0.2, -0.15) is 0 Å². The van der Waals surface area contributed by atoms with Gasteiger partial charge in [0.15, 0.2) is 5.58 Å². The van der Waals surface area contributed by atoms with E-state index < -0.39 is 0 Å². The minimum Gasteiger partial charge on any atom is -0.356 e. The van der Waals surface area contributed by atoms with E-state index in [2.05, 4.69) is 29.2 Å². The molecule has 1 unspecified atom stereocenters. The molecule has 1 aromatic carbocycles. The molecule has 1 N–H and O–H groups in total. The van der Waals surface area contributed by atoms with Gasteiger partial charge in [-0.15, -0.1) is 0 Å². The van der Waals surface area contributed by atoms with Gasteiger partial charge in [0.25, 0.3) is 0 Å². The average Bonchev–Trinajstić information content (AvgIpc) is 3.28. The molecular formula is C21H29FN4O2. The molecule has 0 bridgehead atoms. The molecule has 1 aromatic heterocycles. The summed E-state index contributed by atoms with van der Waals surface area (Å²) in [5.74, 6) is 0.507. The molecule has 2 amide bonds. The first-order chi connectivity index (χ1) is 13.5. The third-order valence-electron chi connectivity index (χ3n) is 6.24. The summed E-state index contributed by atoms with van der Waals surface area (Å²) in [6, 6.07) is 5.01. The van der Waals surface area contributed by atoms with E-state index in [4.69, 9.17) is 4.52 Å². The smallest absolute Gasteiger partial charge is 0.317 e. The molecule has 4 rings (SSSR count). The highest BCUT2D eigenvalue weighted by Crippen LogP contribution is 2.33. The van der Waals surface area contributed by atoms with Crippen molar-refractivity contribution in [2.45, 2.75) is 45.1 Å². The summed E-state index contributed by atoms with van der Waals surface area (Å²) in [7, 11) is 0. The Labute approximate surface area is 165 Å². The van der Waals surface area contributed by atoms with Gasteiger partial charge in [0.05, 0.1) is 5.69 Å². The molecule has 2 aromatic rings. The van der Waals surface area contributed by atoms with Crippen LogP contribution >= 0.6 is 0 Å². The molecule has 2 aliphatic rings. The average molecular weight is 388 g/mol. The lowest BCUT2D eigenvalue weighted by molar-refractivity contribution is 0.147. The number of hydrogen-bond acceptors (Lipinski definition) is 4. The second kappa shape index (κ2) is 8.07. The zero-order chi connectivity index (χ0) is 19.7. The predicted octanol–water partition coefficient (Wildman–Crippen LogP) is 3.59. The molecule has 0 radical (unpaired) electrons. The van der Waals surface area contributed by atoms with Crippen molar-refractivity contribution in [1.82, 2.24) is 20.3 Å². The number of nitrogens with one attached hydrogen (secondary N) is 1. The minimum absolute atomic E-state index is 0.0757. The van der Waals surface area contributed by atoms with Gasteiger partial charge in [0.1, 0.15) is 5.82 Å². The van der Waals surface area contributed by atoms with Crippen molar-refractivity contribution in [2.24, 2.45) is 5.92 Å². The topological polar surface area (TPSA) is 61.6 Å². The van der Waals surface area contributed by atoms with Crippen molar-refractivity contribution in [1.29, 1.82) is 0 Å². The first kappa shape index (κ1) is 19.2. The van der Waals surface area contributed by atoms with E-state index in [1.165, 1.54) is 12.1 Å². The number of likely N-dealkylation sites (tertiary alicyclic amines) is 1. The summed E-state index contributed by atoms with van der Waals surface area (Å²) >= 11 is 0. The minimum atomic E-state index is -0.295. The van der Waals surface area contributed by atoms with Crippen molar-refractivity contribution in [2.75, 3.05) is 32.7 Å². The molecule has 28 heavy (non-hydrogen) atoms. The molecule has 2 fully saturated rings. The fraction of sp³-hybridized carbons (Fsp3) is 0.619. The molecule has 6 nitrogen and oxygen atoms in total. The summed E-state index contributed by atoms with van der Waals surface area (Å²) in [6.07, 6.45) is 3.05. The Kier molecular flexibility index (Phi) is 5.53. The van der Waals surface area contributed by atoms with Crippen molar-refractivity contribution in [3.8, 4) is 0 Å². The van der Waals surface area contributed by atoms with Crippen LogP contribution in [0.4, 0.5) is 9.18 Å². The van der Waals surface area contributed by atoms with E-state index in [0.29, 0.717) is 17.4 Å². The number of carbonyl (C=O) groups excluding carboxylic acids is 1. The van der Waals surface area contributed by atoms with Crippen molar-refractivity contribution >= 4 is 17.0 Å². The summed E-state index contributed by atoms with van der Waals surface area (Å²) in [5, 5.41) is 8.08. The number of fused-ring (bicyclic) bond motifs is 1. The Bertz CT molecular complexity index is 829. The Morgan fingerprint density at radius 2 is 2.07 bits per heavy atom. The van der Waals surface area contributed by atoms with Crippen LogP contribution in [-0.4, -0.2) is 59.8 Å². The number of hydrogen-bond donors (Lipinski definition) is 1. The lowest BCUT2D eigenvalue weighted by atomic mass is 9.91. The fourth-order valence-electron chi connectivity index (χ4n) is 4.62. The predicted molar refractivity (Wildman–Crippen MR) is 106 cm³/mol. The number of halogens is 1. The largest absolute Gasteiger partial charge is 0.356 e. The second-order valence-electron chi connectivity index (χ2n) is 8.35. The number of benzene rings is 1. The first-order valence-corrected chi connectivity index (χ1v) is 10.3. The van der Waals surface area contributed by atoms with Crippen LogP contribution in [0.5, 0.6) is 0 Å². The van der Waals surface area contributed by atoms with Gasteiger partial charge in [0, 0.05) is 43.0 Å². The van der Waals surface area contributed by atoms with Crippen LogP contribution in [0.25, 0.3) is 11.0 Å². The maximum absolute atomic E-state index is 13.4. The zero-order valence-electron chi connectivity index (χ0n) is 16.7. The Morgan fingerprint density at radius 1 is 1.29 bits per heavy atom. The number of piperidine rings is 1. The Hall–Kier alpha value is -2.15. The highest BCUT2D eigenvalue weighted by atomic mass is 19.1. The maximum atomic E-state index is 13.4.